The largest absolute Gasteiger partial charge is 0.382 e. The molecule has 2 N–H and O–H groups in total. The minimum absolute atomic E-state index is 0.399. The topological polar surface area (TPSA) is 101 Å². The summed E-state index contributed by atoms with van der Waals surface area (Å²) in [6.45, 7) is 0.454. The second-order valence-corrected chi connectivity index (χ2v) is 2.53. The van der Waals surface area contributed by atoms with Crippen molar-refractivity contribution in [2.75, 3.05) is 12.3 Å². The van der Waals surface area contributed by atoms with Crippen LogP contribution in [-0.4, -0.2) is 16.7 Å². The predicted molar refractivity (Wildman–Crippen MR) is 54.1 cm³/mol. The van der Waals surface area contributed by atoms with Crippen molar-refractivity contribution in [2.45, 2.75) is 6.42 Å². The Morgan fingerprint density at radius 2 is 2.36 bits per heavy atom. The van der Waals surface area contributed by atoms with Crippen molar-refractivity contribution in [3.05, 3.63) is 34.3 Å². The molecule has 1 heterocycles. The van der Waals surface area contributed by atoms with Gasteiger partial charge in [-0.15, -0.1) is 10.2 Å². The molecule has 0 spiro atoms. The molecule has 1 aromatic rings. The highest BCUT2D eigenvalue weighted by molar-refractivity contribution is 5.45. The van der Waals surface area contributed by atoms with Gasteiger partial charge >= 0.3 is 0 Å². The standard InChI is InChI=1S/C8H10N6/c9-8-5-4-7(12-13-8)3-1-2-6-11-14-10/h1,3-5H,2,6H2,(H2,9,13). The number of azide groups is 1. The maximum absolute atomic E-state index is 8.01. The Hall–Kier alpha value is -2.07. The minimum Gasteiger partial charge on any atom is -0.382 e. The van der Waals surface area contributed by atoms with E-state index in [9.17, 15) is 0 Å². The van der Waals surface area contributed by atoms with Crippen molar-refractivity contribution < 1.29 is 0 Å². The van der Waals surface area contributed by atoms with E-state index in [1.165, 1.54) is 0 Å². The van der Waals surface area contributed by atoms with Crippen molar-refractivity contribution in [3.63, 3.8) is 0 Å². The molecule has 0 unspecified atom stereocenters. The normalized spacial score (nSPS) is 10.0. The van der Waals surface area contributed by atoms with Gasteiger partial charge in [0.15, 0.2) is 0 Å². The monoisotopic (exact) mass is 190 g/mol. The summed E-state index contributed by atoms with van der Waals surface area (Å²) >= 11 is 0. The van der Waals surface area contributed by atoms with Crippen LogP contribution in [0.15, 0.2) is 23.3 Å². The molecule has 72 valence electrons. The molecule has 0 aliphatic rings. The molecule has 0 aliphatic heterocycles. The van der Waals surface area contributed by atoms with E-state index in [2.05, 4.69) is 20.2 Å². The van der Waals surface area contributed by atoms with Gasteiger partial charge in [0.2, 0.25) is 0 Å². The quantitative estimate of drug-likeness (QED) is 0.339. The Labute approximate surface area is 81.1 Å². The number of nitrogen functional groups attached to an aromatic ring is 1. The highest BCUT2D eigenvalue weighted by Gasteiger charge is 1.88. The third kappa shape index (κ3) is 3.55. The highest BCUT2D eigenvalue weighted by Crippen LogP contribution is 2.00. The summed E-state index contributed by atoms with van der Waals surface area (Å²) in [5.74, 6) is 0.399. The van der Waals surface area contributed by atoms with Crippen LogP contribution in [0, 0.1) is 0 Å². The molecule has 0 aromatic carbocycles. The van der Waals surface area contributed by atoms with Gasteiger partial charge in [-0.1, -0.05) is 11.2 Å². The molecule has 6 heteroatoms. The lowest BCUT2D eigenvalue weighted by atomic mass is 10.3. The lowest BCUT2D eigenvalue weighted by molar-refractivity contribution is 0.990. The molecule has 0 saturated carbocycles. The average molecular weight is 190 g/mol. The van der Waals surface area contributed by atoms with Crippen LogP contribution in [0.4, 0.5) is 5.82 Å². The van der Waals surface area contributed by atoms with Crippen LogP contribution < -0.4 is 5.73 Å². The molecule has 0 amide bonds. The first kappa shape index (κ1) is 10.0. The van der Waals surface area contributed by atoms with Crippen LogP contribution in [-0.2, 0) is 0 Å². The van der Waals surface area contributed by atoms with E-state index in [1.807, 2.05) is 6.08 Å². The fraction of sp³-hybridized carbons (Fsp3) is 0.250. The molecule has 6 nitrogen and oxygen atoms in total. The molecule has 0 saturated heterocycles. The summed E-state index contributed by atoms with van der Waals surface area (Å²) < 4.78 is 0. The van der Waals surface area contributed by atoms with Gasteiger partial charge in [0, 0.05) is 11.5 Å². The summed E-state index contributed by atoms with van der Waals surface area (Å²) in [5.41, 5.74) is 14.1. The smallest absolute Gasteiger partial charge is 0.146 e. The summed E-state index contributed by atoms with van der Waals surface area (Å²) in [6, 6.07) is 3.45. The van der Waals surface area contributed by atoms with E-state index in [0.717, 1.165) is 5.69 Å². The summed E-state index contributed by atoms with van der Waals surface area (Å²) in [7, 11) is 0. The SMILES string of the molecule is [N-]=[N+]=NCCC=Cc1ccc(N)nn1. The molecular formula is C8H10N6. The van der Waals surface area contributed by atoms with Gasteiger partial charge in [0.05, 0.1) is 5.69 Å². The van der Waals surface area contributed by atoms with E-state index in [0.29, 0.717) is 18.8 Å². The van der Waals surface area contributed by atoms with Crippen LogP contribution in [0.2, 0.25) is 0 Å². The van der Waals surface area contributed by atoms with E-state index in [1.54, 1.807) is 18.2 Å². The number of nitrogens with zero attached hydrogens (tertiary/aromatic N) is 5. The first-order valence-corrected chi connectivity index (χ1v) is 4.09. The molecule has 0 radical (unpaired) electrons. The Morgan fingerprint density at radius 3 is 3.00 bits per heavy atom. The van der Waals surface area contributed by atoms with Crippen LogP contribution in [0.5, 0.6) is 0 Å². The maximum Gasteiger partial charge on any atom is 0.146 e. The van der Waals surface area contributed by atoms with Crippen LogP contribution in [0.3, 0.4) is 0 Å². The highest BCUT2D eigenvalue weighted by atomic mass is 15.1. The second kappa shape index (κ2) is 5.55. The zero-order chi connectivity index (χ0) is 10.2. The third-order valence-electron chi connectivity index (χ3n) is 1.45. The summed E-state index contributed by atoms with van der Waals surface area (Å²) in [5, 5.41) is 10.9. The number of anilines is 1. The number of rotatable bonds is 4. The average Bonchev–Trinajstić information content (AvgIpc) is 2.21. The first-order chi connectivity index (χ1) is 6.83. The van der Waals surface area contributed by atoms with Gasteiger partial charge < -0.3 is 5.73 Å². The van der Waals surface area contributed by atoms with E-state index < -0.39 is 0 Å². The molecule has 0 aliphatic carbocycles. The molecule has 1 rings (SSSR count). The first-order valence-electron chi connectivity index (χ1n) is 4.09. The van der Waals surface area contributed by atoms with Crippen LogP contribution >= 0.6 is 0 Å². The van der Waals surface area contributed by atoms with Crippen molar-refractivity contribution in [3.8, 4) is 0 Å². The lowest BCUT2D eigenvalue weighted by Gasteiger charge is -1.91. The molecule has 0 bridgehead atoms. The summed E-state index contributed by atoms with van der Waals surface area (Å²) in [4.78, 5) is 2.64. The fourth-order valence-electron chi connectivity index (χ4n) is 0.823. The van der Waals surface area contributed by atoms with Gasteiger partial charge in [0.1, 0.15) is 5.82 Å². The lowest BCUT2D eigenvalue weighted by Crippen LogP contribution is -1.92. The van der Waals surface area contributed by atoms with Crippen molar-refractivity contribution in [1.29, 1.82) is 0 Å². The molecule has 0 fully saturated rings. The van der Waals surface area contributed by atoms with Gasteiger partial charge in [-0.2, -0.15) is 0 Å². The Bertz CT molecular complexity index is 349. The van der Waals surface area contributed by atoms with Crippen LogP contribution in [0.25, 0.3) is 16.5 Å². The molecule has 1 aromatic heterocycles. The van der Waals surface area contributed by atoms with Gasteiger partial charge in [-0.3, -0.25) is 0 Å². The fourth-order valence-corrected chi connectivity index (χ4v) is 0.823. The van der Waals surface area contributed by atoms with Gasteiger partial charge in [-0.05, 0) is 30.2 Å². The van der Waals surface area contributed by atoms with Crippen molar-refractivity contribution in [2.24, 2.45) is 5.11 Å². The second-order valence-electron chi connectivity index (χ2n) is 2.53. The molecule has 14 heavy (non-hydrogen) atoms. The van der Waals surface area contributed by atoms with Crippen LogP contribution in [0.1, 0.15) is 12.1 Å². The number of nitrogens with two attached hydrogens (primary N) is 1. The molecule has 0 atom stereocenters. The summed E-state index contributed by atoms with van der Waals surface area (Å²) in [6.07, 6.45) is 4.37. The third-order valence-corrected chi connectivity index (χ3v) is 1.45. The van der Waals surface area contributed by atoms with Gasteiger partial charge in [0.25, 0.3) is 0 Å². The Balaban J connectivity index is 2.43. The maximum atomic E-state index is 8.01. The number of hydrogen-bond acceptors (Lipinski definition) is 4. The number of aromatic nitrogens is 2. The van der Waals surface area contributed by atoms with Crippen molar-refractivity contribution in [1.82, 2.24) is 10.2 Å². The predicted octanol–water partition coefficient (Wildman–Crippen LogP) is 1.77. The number of hydrogen-bond donors (Lipinski definition) is 1. The zero-order valence-corrected chi connectivity index (χ0v) is 7.54. The van der Waals surface area contributed by atoms with Crippen molar-refractivity contribution >= 4 is 11.9 Å². The Morgan fingerprint density at radius 1 is 1.50 bits per heavy atom. The zero-order valence-electron chi connectivity index (χ0n) is 7.54. The van der Waals surface area contributed by atoms with E-state index >= 15 is 0 Å². The minimum atomic E-state index is 0.399. The van der Waals surface area contributed by atoms with E-state index in [-0.39, 0.29) is 0 Å². The van der Waals surface area contributed by atoms with E-state index in [4.69, 9.17) is 11.3 Å². The van der Waals surface area contributed by atoms with Gasteiger partial charge in [-0.25, -0.2) is 0 Å². The Kier molecular flexibility index (Phi) is 3.97. The molecular weight excluding hydrogens is 180 g/mol.